The van der Waals surface area contributed by atoms with Gasteiger partial charge in [-0.15, -0.1) is 11.3 Å². The molecule has 2 rings (SSSR count). The van der Waals surface area contributed by atoms with E-state index < -0.39 is 0 Å². The average Bonchev–Trinajstić information content (AvgIpc) is 3.06. The third kappa shape index (κ3) is 5.18. The molecule has 0 saturated carbocycles. The molecular formula is C14H22N6S. The SMILES string of the molecule is CN=C(NCCc1cnn(C)c1)NCCc1ncc(C)s1. The predicted octanol–water partition coefficient (Wildman–Crippen LogP) is 1.14. The molecule has 2 aromatic rings. The molecule has 114 valence electrons. The molecule has 0 unspecified atom stereocenters. The van der Waals surface area contributed by atoms with Crippen molar-refractivity contribution < 1.29 is 0 Å². The summed E-state index contributed by atoms with van der Waals surface area (Å²) in [6.45, 7) is 3.74. The minimum absolute atomic E-state index is 0.826. The molecule has 0 atom stereocenters. The molecule has 21 heavy (non-hydrogen) atoms. The van der Waals surface area contributed by atoms with E-state index in [-0.39, 0.29) is 0 Å². The van der Waals surface area contributed by atoms with Crippen molar-refractivity contribution in [2.45, 2.75) is 19.8 Å². The summed E-state index contributed by atoms with van der Waals surface area (Å²) in [6.07, 6.45) is 7.69. The molecule has 0 saturated heterocycles. The van der Waals surface area contributed by atoms with Gasteiger partial charge < -0.3 is 10.6 Å². The first kappa shape index (κ1) is 15.5. The van der Waals surface area contributed by atoms with E-state index in [4.69, 9.17) is 0 Å². The Kier molecular flexibility index (Phi) is 5.74. The van der Waals surface area contributed by atoms with Crippen LogP contribution in [-0.2, 0) is 19.9 Å². The highest BCUT2D eigenvalue weighted by atomic mass is 32.1. The highest BCUT2D eigenvalue weighted by molar-refractivity contribution is 7.11. The van der Waals surface area contributed by atoms with Crippen molar-refractivity contribution in [3.8, 4) is 0 Å². The number of aromatic nitrogens is 3. The van der Waals surface area contributed by atoms with E-state index in [9.17, 15) is 0 Å². The van der Waals surface area contributed by atoms with Gasteiger partial charge in [-0.2, -0.15) is 5.10 Å². The summed E-state index contributed by atoms with van der Waals surface area (Å²) in [6, 6.07) is 0. The Morgan fingerprint density at radius 1 is 1.29 bits per heavy atom. The van der Waals surface area contributed by atoms with Crippen LogP contribution >= 0.6 is 11.3 Å². The third-order valence-corrected chi connectivity index (χ3v) is 3.96. The molecule has 2 aromatic heterocycles. The molecule has 0 aliphatic carbocycles. The van der Waals surface area contributed by atoms with Crippen molar-refractivity contribution in [2.24, 2.45) is 12.0 Å². The molecule has 0 fully saturated rings. The van der Waals surface area contributed by atoms with Crippen molar-refractivity contribution in [3.63, 3.8) is 0 Å². The quantitative estimate of drug-likeness (QED) is 0.620. The summed E-state index contributed by atoms with van der Waals surface area (Å²) < 4.78 is 1.82. The second kappa shape index (κ2) is 7.78. The maximum Gasteiger partial charge on any atom is 0.191 e. The second-order valence-electron chi connectivity index (χ2n) is 4.81. The lowest BCUT2D eigenvalue weighted by molar-refractivity contribution is 0.764. The Balaban J connectivity index is 1.66. The Hall–Kier alpha value is -1.89. The number of nitrogens with one attached hydrogen (secondary N) is 2. The second-order valence-corrected chi connectivity index (χ2v) is 6.13. The first-order chi connectivity index (χ1) is 10.2. The number of thiazole rings is 1. The van der Waals surface area contributed by atoms with Gasteiger partial charge in [0, 0.05) is 50.9 Å². The lowest BCUT2D eigenvalue weighted by atomic mass is 10.2. The highest BCUT2D eigenvalue weighted by Crippen LogP contribution is 2.10. The summed E-state index contributed by atoms with van der Waals surface area (Å²) in [4.78, 5) is 9.82. The van der Waals surface area contributed by atoms with Crippen molar-refractivity contribution >= 4 is 17.3 Å². The number of aryl methyl sites for hydroxylation is 2. The van der Waals surface area contributed by atoms with Crippen LogP contribution in [0.5, 0.6) is 0 Å². The smallest absolute Gasteiger partial charge is 0.191 e. The van der Waals surface area contributed by atoms with Crippen LogP contribution in [0.4, 0.5) is 0 Å². The van der Waals surface area contributed by atoms with Gasteiger partial charge in [0.15, 0.2) is 5.96 Å². The summed E-state index contributed by atoms with van der Waals surface area (Å²) in [5, 5.41) is 11.9. The Morgan fingerprint density at radius 2 is 2.05 bits per heavy atom. The van der Waals surface area contributed by atoms with E-state index >= 15 is 0 Å². The van der Waals surface area contributed by atoms with Crippen LogP contribution < -0.4 is 10.6 Å². The van der Waals surface area contributed by atoms with Gasteiger partial charge in [0.05, 0.1) is 11.2 Å². The van der Waals surface area contributed by atoms with Crippen LogP contribution in [0, 0.1) is 6.92 Å². The fraction of sp³-hybridized carbons (Fsp3) is 0.500. The highest BCUT2D eigenvalue weighted by Gasteiger charge is 2.01. The molecule has 0 amide bonds. The van der Waals surface area contributed by atoms with E-state index in [0.717, 1.165) is 36.9 Å². The Labute approximate surface area is 129 Å². The third-order valence-electron chi connectivity index (χ3n) is 2.99. The lowest BCUT2D eigenvalue weighted by Crippen LogP contribution is -2.39. The fourth-order valence-corrected chi connectivity index (χ4v) is 2.74. The van der Waals surface area contributed by atoms with Crippen LogP contribution in [0.1, 0.15) is 15.4 Å². The van der Waals surface area contributed by atoms with Gasteiger partial charge in [-0.1, -0.05) is 0 Å². The number of nitrogens with zero attached hydrogens (tertiary/aromatic N) is 4. The average molecular weight is 306 g/mol. The van der Waals surface area contributed by atoms with Gasteiger partial charge in [-0.25, -0.2) is 4.98 Å². The summed E-state index contributed by atoms with van der Waals surface area (Å²) >= 11 is 1.74. The largest absolute Gasteiger partial charge is 0.356 e. The maximum absolute atomic E-state index is 4.35. The van der Waals surface area contributed by atoms with Gasteiger partial charge in [0.25, 0.3) is 0 Å². The molecule has 7 heteroatoms. The molecule has 0 aliphatic heterocycles. The van der Waals surface area contributed by atoms with Gasteiger partial charge in [-0.05, 0) is 18.9 Å². The monoisotopic (exact) mass is 306 g/mol. The van der Waals surface area contributed by atoms with E-state index in [1.54, 1.807) is 18.4 Å². The molecule has 0 aliphatic rings. The zero-order valence-corrected chi connectivity index (χ0v) is 13.6. The number of rotatable bonds is 6. The zero-order valence-electron chi connectivity index (χ0n) is 12.8. The van der Waals surface area contributed by atoms with Gasteiger partial charge in [0.2, 0.25) is 0 Å². The van der Waals surface area contributed by atoms with Crippen molar-refractivity contribution in [1.29, 1.82) is 0 Å². The van der Waals surface area contributed by atoms with E-state index in [1.165, 1.54) is 10.4 Å². The van der Waals surface area contributed by atoms with Gasteiger partial charge in [0.1, 0.15) is 0 Å². The maximum atomic E-state index is 4.35. The number of hydrogen-bond acceptors (Lipinski definition) is 4. The van der Waals surface area contributed by atoms with Crippen LogP contribution in [0.2, 0.25) is 0 Å². The van der Waals surface area contributed by atoms with Gasteiger partial charge >= 0.3 is 0 Å². The van der Waals surface area contributed by atoms with E-state index in [1.807, 2.05) is 30.3 Å². The molecule has 0 radical (unpaired) electrons. The molecule has 2 heterocycles. The van der Waals surface area contributed by atoms with E-state index in [2.05, 4.69) is 32.6 Å². The summed E-state index contributed by atoms with van der Waals surface area (Å²) in [5.74, 6) is 0.826. The van der Waals surface area contributed by atoms with Crippen molar-refractivity contribution in [1.82, 2.24) is 25.4 Å². The number of aliphatic imine (C=N–C) groups is 1. The molecule has 6 nitrogen and oxygen atoms in total. The summed E-state index contributed by atoms with van der Waals surface area (Å²) in [7, 11) is 3.71. The first-order valence-electron chi connectivity index (χ1n) is 7.00. The molecule has 0 aromatic carbocycles. The molecule has 0 bridgehead atoms. The van der Waals surface area contributed by atoms with Gasteiger partial charge in [-0.3, -0.25) is 9.67 Å². The van der Waals surface area contributed by atoms with Crippen LogP contribution in [-0.4, -0.2) is 40.9 Å². The van der Waals surface area contributed by atoms with Crippen LogP contribution in [0.25, 0.3) is 0 Å². The molecule has 2 N–H and O–H groups in total. The predicted molar refractivity (Wildman–Crippen MR) is 86.8 cm³/mol. The van der Waals surface area contributed by atoms with Crippen LogP contribution in [0.3, 0.4) is 0 Å². The van der Waals surface area contributed by atoms with Crippen molar-refractivity contribution in [2.75, 3.05) is 20.1 Å². The number of hydrogen-bond donors (Lipinski definition) is 2. The molecule has 0 spiro atoms. The summed E-state index contributed by atoms with van der Waals surface area (Å²) in [5.41, 5.74) is 1.22. The fourth-order valence-electron chi connectivity index (χ4n) is 1.95. The Bertz CT molecular complexity index is 538. The number of guanidine groups is 1. The zero-order chi connectivity index (χ0) is 15.1. The molecular weight excluding hydrogens is 284 g/mol. The van der Waals surface area contributed by atoms with Crippen molar-refractivity contribution in [3.05, 3.63) is 34.0 Å². The standard InChI is InChI=1S/C14H22N6S/c1-11-8-18-13(21-11)5-7-17-14(15-2)16-6-4-12-9-19-20(3)10-12/h8-10H,4-7H2,1-3H3,(H2,15,16,17). The first-order valence-corrected chi connectivity index (χ1v) is 7.82. The topological polar surface area (TPSA) is 67.1 Å². The normalized spacial score (nSPS) is 11.7. The lowest BCUT2D eigenvalue weighted by Gasteiger charge is -2.10. The Morgan fingerprint density at radius 3 is 2.62 bits per heavy atom. The van der Waals surface area contributed by atoms with E-state index in [0.29, 0.717) is 0 Å². The minimum Gasteiger partial charge on any atom is -0.356 e. The van der Waals surface area contributed by atoms with Crippen LogP contribution in [0.15, 0.2) is 23.6 Å². The minimum atomic E-state index is 0.826.